The molecule has 2 aromatic rings. The quantitative estimate of drug-likeness (QED) is 0.847. The van der Waals surface area contributed by atoms with E-state index >= 15 is 0 Å². The van der Waals surface area contributed by atoms with E-state index in [0.717, 1.165) is 12.1 Å². The van der Waals surface area contributed by atoms with E-state index in [-0.39, 0.29) is 11.5 Å². The van der Waals surface area contributed by atoms with Gasteiger partial charge in [-0.2, -0.15) is 5.26 Å². The van der Waals surface area contributed by atoms with E-state index in [0.29, 0.717) is 18.6 Å². The maximum atomic E-state index is 13.8. The molecule has 2 aromatic carbocycles. The van der Waals surface area contributed by atoms with Gasteiger partial charge in [0.25, 0.3) is 0 Å². The first-order valence-corrected chi connectivity index (χ1v) is 6.11. The molecule has 0 bridgehead atoms. The number of hydrogen-bond acceptors (Lipinski definition) is 3. The van der Waals surface area contributed by atoms with Gasteiger partial charge >= 0.3 is 0 Å². The molecule has 0 unspecified atom stereocenters. The molecule has 106 valence electrons. The minimum atomic E-state index is -0.895. The average molecular weight is 291 g/mol. The summed E-state index contributed by atoms with van der Waals surface area (Å²) in [6, 6.07) is 5.52. The van der Waals surface area contributed by atoms with E-state index < -0.39 is 28.8 Å². The van der Waals surface area contributed by atoms with Gasteiger partial charge in [-0.25, -0.2) is 13.2 Å². The summed E-state index contributed by atoms with van der Waals surface area (Å²) in [5, 5.41) is 8.62. The van der Waals surface area contributed by atoms with Crippen LogP contribution < -0.4 is 9.47 Å². The van der Waals surface area contributed by atoms with Gasteiger partial charge in [0, 0.05) is 18.1 Å². The van der Waals surface area contributed by atoms with Crippen molar-refractivity contribution in [2.75, 3.05) is 6.61 Å². The number of fused-ring (bicyclic) bond motifs is 1. The number of rotatable bonds is 2. The third kappa shape index (κ3) is 2.27. The Morgan fingerprint density at radius 2 is 1.86 bits per heavy atom. The van der Waals surface area contributed by atoms with Gasteiger partial charge in [-0.15, -0.1) is 0 Å². The van der Waals surface area contributed by atoms with Gasteiger partial charge in [0.05, 0.1) is 12.2 Å². The lowest BCUT2D eigenvalue weighted by atomic mass is 10.1. The molecule has 0 spiro atoms. The van der Waals surface area contributed by atoms with E-state index in [4.69, 9.17) is 14.7 Å². The Balaban J connectivity index is 2.01. The van der Waals surface area contributed by atoms with E-state index in [1.807, 2.05) is 0 Å². The molecule has 21 heavy (non-hydrogen) atoms. The molecule has 0 saturated carbocycles. The fraction of sp³-hybridized carbons (Fsp3) is 0.133. The molecular formula is C15H8F3NO2. The normalized spacial score (nSPS) is 12.5. The molecule has 0 aliphatic carbocycles. The Bertz CT molecular complexity index is 768. The Hall–Kier alpha value is -2.68. The molecule has 0 saturated heterocycles. The van der Waals surface area contributed by atoms with Gasteiger partial charge in [-0.3, -0.25) is 0 Å². The number of benzene rings is 2. The van der Waals surface area contributed by atoms with Crippen LogP contribution in [0.5, 0.6) is 17.2 Å². The monoisotopic (exact) mass is 291 g/mol. The second-order valence-corrected chi connectivity index (χ2v) is 4.43. The SMILES string of the molecule is N#Cc1cc(F)c(Oc2ccc(F)c3c2OCC3)cc1F. The minimum absolute atomic E-state index is 0.104. The first-order chi connectivity index (χ1) is 10.1. The van der Waals surface area contributed by atoms with Crippen molar-refractivity contribution in [2.45, 2.75) is 6.42 Å². The van der Waals surface area contributed by atoms with Crippen LogP contribution in [0.4, 0.5) is 13.2 Å². The third-order valence-corrected chi connectivity index (χ3v) is 3.13. The number of halogens is 3. The number of nitrogens with zero attached hydrogens (tertiary/aromatic N) is 1. The zero-order valence-electron chi connectivity index (χ0n) is 10.6. The van der Waals surface area contributed by atoms with Gasteiger partial charge in [-0.1, -0.05) is 0 Å². The summed E-state index contributed by atoms with van der Waals surface area (Å²) in [4.78, 5) is 0. The Labute approximate surface area is 118 Å². The van der Waals surface area contributed by atoms with Crippen LogP contribution in [0.1, 0.15) is 11.1 Å². The highest BCUT2D eigenvalue weighted by molar-refractivity contribution is 5.51. The largest absolute Gasteiger partial charge is 0.489 e. The zero-order chi connectivity index (χ0) is 15.0. The number of hydrogen-bond donors (Lipinski definition) is 0. The molecule has 0 N–H and O–H groups in total. The van der Waals surface area contributed by atoms with Crippen LogP contribution in [0.15, 0.2) is 24.3 Å². The van der Waals surface area contributed by atoms with Crippen molar-refractivity contribution >= 4 is 0 Å². The highest BCUT2D eigenvalue weighted by Crippen LogP contribution is 2.40. The molecule has 1 aliphatic rings. The van der Waals surface area contributed by atoms with Gasteiger partial charge in [0.15, 0.2) is 23.1 Å². The highest BCUT2D eigenvalue weighted by Gasteiger charge is 2.23. The van der Waals surface area contributed by atoms with Crippen molar-refractivity contribution < 1.29 is 22.6 Å². The second-order valence-electron chi connectivity index (χ2n) is 4.43. The summed E-state index contributed by atoms with van der Waals surface area (Å²) >= 11 is 0. The first-order valence-electron chi connectivity index (χ1n) is 6.11. The molecule has 0 radical (unpaired) electrons. The Morgan fingerprint density at radius 3 is 2.62 bits per heavy atom. The molecule has 6 heteroatoms. The molecule has 0 atom stereocenters. The summed E-state index contributed by atoms with van der Waals surface area (Å²) in [7, 11) is 0. The maximum Gasteiger partial charge on any atom is 0.169 e. The summed E-state index contributed by atoms with van der Waals surface area (Å²) in [5.41, 5.74) is -0.0672. The summed E-state index contributed by atoms with van der Waals surface area (Å²) < 4.78 is 51.4. The summed E-state index contributed by atoms with van der Waals surface area (Å²) in [6.45, 7) is 0.302. The molecule has 0 aromatic heterocycles. The first kappa shape index (κ1) is 13.3. The lowest BCUT2D eigenvalue weighted by Gasteiger charge is -2.11. The molecular weight excluding hydrogens is 283 g/mol. The lowest BCUT2D eigenvalue weighted by Crippen LogP contribution is -1.95. The number of ether oxygens (including phenoxy) is 2. The smallest absolute Gasteiger partial charge is 0.169 e. The van der Waals surface area contributed by atoms with Crippen LogP contribution in [0.25, 0.3) is 0 Å². The van der Waals surface area contributed by atoms with E-state index in [1.165, 1.54) is 18.2 Å². The van der Waals surface area contributed by atoms with Crippen molar-refractivity contribution in [1.82, 2.24) is 0 Å². The maximum absolute atomic E-state index is 13.8. The van der Waals surface area contributed by atoms with Crippen LogP contribution in [0, 0.1) is 28.8 Å². The molecule has 0 amide bonds. The van der Waals surface area contributed by atoms with Gasteiger partial charge in [-0.05, 0) is 18.2 Å². The average Bonchev–Trinajstić information content (AvgIpc) is 2.96. The highest BCUT2D eigenvalue weighted by atomic mass is 19.1. The topological polar surface area (TPSA) is 42.2 Å². The predicted octanol–water partition coefficient (Wildman–Crippen LogP) is 3.70. The molecule has 3 nitrogen and oxygen atoms in total. The van der Waals surface area contributed by atoms with E-state index in [1.54, 1.807) is 0 Å². The molecule has 0 fully saturated rings. The van der Waals surface area contributed by atoms with Crippen molar-refractivity contribution in [1.29, 1.82) is 5.26 Å². The second kappa shape index (κ2) is 5.02. The third-order valence-electron chi connectivity index (χ3n) is 3.13. The van der Waals surface area contributed by atoms with Gasteiger partial charge in [0.1, 0.15) is 17.7 Å². The van der Waals surface area contributed by atoms with Crippen molar-refractivity contribution in [3.63, 3.8) is 0 Å². The molecule has 3 rings (SSSR count). The Morgan fingerprint density at radius 1 is 1.05 bits per heavy atom. The van der Waals surface area contributed by atoms with Crippen molar-refractivity contribution in [3.8, 4) is 23.3 Å². The Kier molecular flexibility index (Phi) is 3.18. The lowest BCUT2D eigenvalue weighted by molar-refractivity contribution is 0.334. The molecule has 1 aliphatic heterocycles. The zero-order valence-corrected chi connectivity index (χ0v) is 10.6. The van der Waals surface area contributed by atoms with Crippen LogP contribution >= 0.6 is 0 Å². The van der Waals surface area contributed by atoms with Gasteiger partial charge < -0.3 is 9.47 Å². The fourth-order valence-electron chi connectivity index (χ4n) is 2.12. The minimum Gasteiger partial charge on any atom is -0.489 e. The van der Waals surface area contributed by atoms with Crippen LogP contribution in [-0.4, -0.2) is 6.61 Å². The standard InChI is InChI=1S/C15H8F3NO2/c16-10-1-2-13(15-9(10)3-4-20-15)21-14-6-11(17)8(7-19)5-12(14)18/h1-2,5-6H,3-4H2. The van der Waals surface area contributed by atoms with Crippen LogP contribution in [0.3, 0.4) is 0 Å². The molecule has 1 heterocycles. The van der Waals surface area contributed by atoms with E-state index in [2.05, 4.69) is 0 Å². The van der Waals surface area contributed by atoms with E-state index in [9.17, 15) is 13.2 Å². The van der Waals surface area contributed by atoms with Crippen LogP contribution in [0.2, 0.25) is 0 Å². The van der Waals surface area contributed by atoms with Crippen molar-refractivity contribution in [3.05, 3.63) is 52.8 Å². The van der Waals surface area contributed by atoms with Crippen molar-refractivity contribution in [2.24, 2.45) is 0 Å². The fourth-order valence-corrected chi connectivity index (χ4v) is 2.12. The van der Waals surface area contributed by atoms with Gasteiger partial charge in [0.2, 0.25) is 0 Å². The predicted molar refractivity (Wildman–Crippen MR) is 66.7 cm³/mol. The van der Waals surface area contributed by atoms with Crippen LogP contribution in [-0.2, 0) is 6.42 Å². The summed E-state index contributed by atoms with van der Waals surface area (Å²) in [5.74, 6) is -2.30. The number of nitriles is 1. The summed E-state index contributed by atoms with van der Waals surface area (Å²) in [6.07, 6.45) is 0.391.